The molecule has 1 unspecified atom stereocenters. The third-order valence-electron chi connectivity index (χ3n) is 4.91. The van der Waals surface area contributed by atoms with Crippen LogP contribution < -0.4 is 4.74 Å². The SMILES string of the molecule is COc1cc(C2=NN(C(=O)c3ccccc3)C(c3ccc(Cl)cc3)C2)ccc1O. The Morgan fingerprint density at radius 3 is 2.52 bits per heavy atom. The van der Waals surface area contributed by atoms with Crippen LogP contribution in [0.3, 0.4) is 0 Å². The van der Waals surface area contributed by atoms with Crippen molar-refractivity contribution in [3.8, 4) is 11.5 Å². The van der Waals surface area contributed by atoms with Crippen LogP contribution in [0.4, 0.5) is 0 Å². The molecule has 29 heavy (non-hydrogen) atoms. The van der Waals surface area contributed by atoms with Crippen molar-refractivity contribution in [1.82, 2.24) is 5.01 Å². The molecule has 1 heterocycles. The van der Waals surface area contributed by atoms with Crippen molar-refractivity contribution in [2.45, 2.75) is 12.5 Å². The fourth-order valence-electron chi connectivity index (χ4n) is 3.39. The van der Waals surface area contributed by atoms with Crippen LogP contribution in [0.25, 0.3) is 0 Å². The molecule has 6 heteroatoms. The van der Waals surface area contributed by atoms with Crippen LogP contribution in [0.2, 0.25) is 5.02 Å². The summed E-state index contributed by atoms with van der Waals surface area (Å²) in [7, 11) is 1.50. The Balaban J connectivity index is 1.74. The lowest BCUT2D eigenvalue weighted by atomic mass is 9.98. The van der Waals surface area contributed by atoms with E-state index in [1.807, 2.05) is 42.5 Å². The van der Waals surface area contributed by atoms with E-state index >= 15 is 0 Å². The molecule has 1 atom stereocenters. The van der Waals surface area contributed by atoms with E-state index < -0.39 is 0 Å². The van der Waals surface area contributed by atoms with Crippen LogP contribution in [0, 0.1) is 0 Å². The molecule has 0 fully saturated rings. The van der Waals surface area contributed by atoms with Gasteiger partial charge >= 0.3 is 0 Å². The fraction of sp³-hybridized carbons (Fsp3) is 0.130. The van der Waals surface area contributed by atoms with Gasteiger partial charge in [-0.2, -0.15) is 5.10 Å². The van der Waals surface area contributed by atoms with Crippen LogP contribution >= 0.6 is 11.6 Å². The molecule has 0 bridgehead atoms. The molecule has 0 saturated heterocycles. The van der Waals surface area contributed by atoms with E-state index in [0.717, 1.165) is 16.8 Å². The summed E-state index contributed by atoms with van der Waals surface area (Å²) in [5, 5.41) is 16.7. The third kappa shape index (κ3) is 3.82. The Hall–Kier alpha value is -3.31. The van der Waals surface area contributed by atoms with E-state index in [0.29, 0.717) is 22.8 Å². The highest BCUT2D eigenvalue weighted by atomic mass is 35.5. The van der Waals surface area contributed by atoms with Gasteiger partial charge in [0, 0.05) is 22.6 Å². The van der Waals surface area contributed by atoms with Crippen molar-refractivity contribution in [1.29, 1.82) is 0 Å². The molecule has 1 amide bonds. The van der Waals surface area contributed by atoms with Crippen molar-refractivity contribution in [3.63, 3.8) is 0 Å². The number of carbonyl (C=O) groups excluding carboxylic acids is 1. The van der Waals surface area contributed by atoms with Gasteiger partial charge in [0.25, 0.3) is 5.91 Å². The number of carbonyl (C=O) groups is 1. The summed E-state index contributed by atoms with van der Waals surface area (Å²) in [6.07, 6.45) is 0.536. The summed E-state index contributed by atoms with van der Waals surface area (Å²) >= 11 is 6.04. The molecule has 3 aromatic rings. The average Bonchev–Trinajstić information content (AvgIpc) is 3.20. The number of benzene rings is 3. The number of ether oxygens (including phenoxy) is 1. The molecule has 5 nitrogen and oxygen atoms in total. The quantitative estimate of drug-likeness (QED) is 0.659. The monoisotopic (exact) mass is 406 g/mol. The number of hydrogen-bond acceptors (Lipinski definition) is 4. The third-order valence-corrected chi connectivity index (χ3v) is 5.16. The molecule has 1 aliphatic rings. The van der Waals surface area contributed by atoms with E-state index in [9.17, 15) is 9.90 Å². The molecular weight excluding hydrogens is 388 g/mol. The first-order chi connectivity index (χ1) is 14.1. The number of aromatic hydroxyl groups is 1. The molecule has 0 radical (unpaired) electrons. The Morgan fingerprint density at radius 2 is 1.83 bits per heavy atom. The van der Waals surface area contributed by atoms with Gasteiger partial charge in [-0.3, -0.25) is 4.79 Å². The first kappa shape index (κ1) is 19.0. The van der Waals surface area contributed by atoms with Gasteiger partial charge in [-0.25, -0.2) is 5.01 Å². The zero-order chi connectivity index (χ0) is 20.4. The fourth-order valence-corrected chi connectivity index (χ4v) is 3.51. The Morgan fingerprint density at radius 1 is 1.10 bits per heavy atom. The molecule has 146 valence electrons. The molecule has 0 spiro atoms. The van der Waals surface area contributed by atoms with Crippen molar-refractivity contribution in [3.05, 3.63) is 94.5 Å². The van der Waals surface area contributed by atoms with Crippen LogP contribution in [0.15, 0.2) is 77.9 Å². The molecule has 4 rings (SSSR count). The number of rotatable bonds is 4. The summed E-state index contributed by atoms with van der Waals surface area (Å²) in [6, 6.07) is 21.3. The number of phenols is 1. The summed E-state index contributed by atoms with van der Waals surface area (Å²) in [4.78, 5) is 13.2. The van der Waals surface area contributed by atoms with Crippen molar-refractivity contribution in [2.75, 3.05) is 7.11 Å². The van der Waals surface area contributed by atoms with Gasteiger partial charge in [0.2, 0.25) is 0 Å². The molecule has 1 aliphatic heterocycles. The second kappa shape index (κ2) is 7.97. The molecule has 0 saturated carbocycles. The summed E-state index contributed by atoms with van der Waals surface area (Å²) < 4.78 is 5.21. The standard InChI is InChI=1S/C23H19ClN2O3/c1-29-22-13-17(9-12-21(22)27)19-14-20(15-7-10-18(24)11-8-15)26(25-19)23(28)16-5-3-2-4-6-16/h2-13,20,27H,14H2,1H3. The maximum absolute atomic E-state index is 13.2. The zero-order valence-electron chi connectivity index (χ0n) is 15.7. The van der Waals surface area contributed by atoms with E-state index in [-0.39, 0.29) is 17.7 Å². The maximum atomic E-state index is 13.2. The van der Waals surface area contributed by atoms with Gasteiger partial charge in [0.15, 0.2) is 11.5 Å². The lowest BCUT2D eigenvalue weighted by Crippen LogP contribution is -2.27. The first-order valence-electron chi connectivity index (χ1n) is 9.16. The zero-order valence-corrected chi connectivity index (χ0v) is 16.5. The highest BCUT2D eigenvalue weighted by molar-refractivity contribution is 6.30. The van der Waals surface area contributed by atoms with Gasteiger partial charge in [-0.15, -0.1) is 0 Å². The molecular formula is C23H19ClN2O3. The first-order valence-corrected chi connectivity index (χ1v) is 9.53. The van der Waals surface area contributed by atoms with Gasteiger partial charge in [0.1, 0.15) is 0 Å². The minimum atomic E-state index is -0.255. The predicted molar refractivity (Wildman–Crippen MR) is 113 cm³/mol. The van der Waals surface area contributed by atoms with Crippen LogP contribution in [-0.4, -0.2) is 28.8 Å². The number of methoxy groups -OCH3 is 1. The van der Waals surface area contributed by atoms with E-state index in [2.05, 4.69) is 5.10 Å². The number of nitrogens with zero attached hydrogens (tertiary/aromatic N) is 2. The van der Waals surface area contributed by atoms with Crippen molar-refractivity contribution in [2.24, 2.45) is 5.10 Å². The van der Waals surface area contributed by atoms with E-state index in [4.69, 9.17) is 16.3 Å². The number of hydrogen-bond donors (Lipinski definition) is 1. The molecule has 3 aromatic carbocycles. The smallest absolute Gasteiger partial charge is 0.274 e. The topological polar surface area (TPSA) is 62.1 Å². The molecule has 1 N–H and O–H groups in total. The minimum Gasteiger partial charge on any atom is -0.504 e. The lowest BCUT2D eigenvalue weighted by molar-refractivity contribution is 0.0711. The molecule has 0 aliphatic carbocycles. The predicted octanol–water partition coefficient (Wildman–Crippen LogP) is 5.05. The van der Waals surface area contributed by atoms with Gasteiger partial charge in [-0.05, 0) is 48.0 Å². The van der Waals surface area contributed by atoms with Gasteiger partial charge in [-0.1, -0.05) is 41.9 Å². The number of halogens is 1. The average molecular weight is 407 g/mol. The van der Waals surface area contributed by atoms with Gasteiger partial charge < -0.3 is 9.84 Å². The number of hydrazone groups is 1. The Labute approximate surface area is 173 Å². The summed E-state index contributed by atoms with van der Waals surface area (Å²) in [5.74, 6) is 0.244. The minimum absolute atomic E-state index is 0.0568. The van der Waals surface area contributed by atoms with E-state index in [1.165, 1.54) is 12.1 Å². The second-order valence-electron chi connectivity index (χ2n) is 6.72. The largest absolute Gasteiger partial charge is 0.504 e. The van der Waals surface area contributed by atoms with Gasteiger partial charge in [0.05, 0.1) is 18.9 Å². The van der Waals surface area contributed by atoms with Crippen molar-refractivity contribution < 1.29 is 14.6 Å². The highest BCUT2D eigenvalue weighted by Gasteiger charge is 2.33. The molecule has 0 aromatic heterocycles. The Kier molecular flexibility index (Phi) is 5.23. The Bertz CT molecular complexity index is 1070. The maximum Gasteiger partial charge on any atom is 0.274 e. The van der Waals surface area contributed by atoms with Crippen LogP contribution in [0.5, 0.6) is 11.5 Å². The van der Waals surface area contributed by atoms with Crippen molar-refractivity contribution >= 4 is 23.2 Å². The van der Waals surface area contributed by atoms with Crippen LogP contribution in [-0.2, 0) is 0 Å². The number of amides is 1. The summed E-state index contributed by atoms with van der Waals surface area (Å²) in [5.41, 5.74) is 3.05. The normalized spacial score (nSPS) is 15.9. The summed E-state index contributed by atoms with van der Waals surface area (Å²) in [6.45, 7) is 0. The number of phenolic OH excluding ortho intramolecular Hbond substituents is 1. The second-order valence-corrected chi connectivity index (χ2v) is 7.16. The lowest BCUT2D eigenvalue weighted by Gasteiger charge is -2.22. The highest BCUT2D eigenvalue weighted by Crippen LogP contribution is 2.36. The van der Waals surface area contributed by atoms with E-state index in [1.54, 1.807) is 30.3 Å². The van der Waals surface area contributed by atoms with Crippen LogP contribution in [0.1, 0.15) is 33.9 Å².